The monoisotopic (exact) mass is 210 g/mol. The molecule has 1 aromatic rings. The molecule has 1 unspecified atom stereocenters. The molecule has 82 valence electrons. The lowest BCUT2D eigenvalue weighted by Crippen LogP contribution is -2.35. The van der Waals surface area contributed by atoms with Gasteiger partial charge in [-0.25, -0.2) is 0 Å². The second-order valence-electron chi connectivity index (χ2n) is 3.86. The van der Waals surface area contributed by atoms with Gasteiger partial charge in [0, 0.05) is 18.5 Å². The molecule has 0 bridgehead atoms. The highest BCUT2D eigenvalue weighted by atomic mass is 16.5. The predicted octanol–water partition coefficient (Wildman–Crippen LogP) is 0.408. The Balaban J connectivity index is 1.87. The fourth-order valence-electron chi connectivity index (χ4n) is 2.06. The summed E-state index contributed by atoms with van der Waals surface area (Å²) in [7, 11) is 0. The summed E-state index contributed by atoms with van der Waals surface area (Å²) in [6.45, 7) is 3.64. The fourth-order valence-corrected chi connectivity index (χ4v) is 2.06. The molecule has 5 heteroatoms. The Labute approximate surface area is 87.7 Å². The molecular weight excluding hydrogens is 196 g/mol. The molecule has 0 aromatic carbocycles. The largest absolute Gasteiger partial charge is 0.378 e. The number of nitrogens with one attached hydrogen (secondary N) is 1. The highest BCUT2D eigenvalue weighted by Crippen LogP contribution is 2.26. The molecule has 1 N–H and O–H groups in total. The second-order valence-corrected chi connectivity index (χ2v) is 3.86. The van der Waals surface area contributed by atoms with Gasteiger partial charge in [0.05, 0.1) is 38.2 Å². The number of hydrogen-bond donors (Lipinski definition) is 1. The highest BCUT2D eigenvalue weighted by Gasteiger charge is 2.27. The topological polar surface area (TPSA) is 56.5 Å². The van der Waals surface area contributed by atoms with E-state index in [1.807, 2.05) is 0 Å². The summed E-state index contributed by atoms with van der Waals surface area (Å²) < 4.78 is 16.2. The zero-order valence-electron chi connectivity index (χ0n) is 8.49. The van der Waals surface area contributed by atoms with Gasteiger partial charge in [0.2, 0.25) is 0 Å². The van der Waals surface area contributed by atoms with Crippen LogP contribution in [0.2, 0.25) is 0 Å². The molecule has 2 aliphatic heterocycles. The molecule has 0 aliphatic carbocycles. The summed E-state index contributed by atoms with van der Waals surface area (Å²) >= 11 is 0. The van der Waals surface area contributed by atoms with Gasteiger partial charge in [-0.2, -0.15) is 0 Å². The maximum atomic E-state index is 5.42. The van der Waals surface area contributed by atoms with E-state index in [1.165, 1.54) is 0 Å². The van der Waals surface area contributed by atoms with E-state index < -0.39 is 0 Å². The van der Waals surface area contributed by atoms with Gasteiger partial charge in [-0.05, 0) is 0 Å². The third-order valence-corrected chi connectivity index (χ3v) is 2.87. The molecule has 2 aliphatic rings. The van der Waals surface area contributed by atoms with Gasteiger partial charge in [-0.15, -0.1) is 0 Å². The molecule has 1 aromatic heterocycles. The smallest absolute Gasteiger partial charge is 0.161 e. The van der Waals surface area contributed by atoms with Gasteiger partial charge in [0.15, 0.2) is 5.76 Å². The van der Waals surface area contributed by atoms with Crippen LogP contribution >= 0.6 is 0 Å². The lowest BCUT2D eigenvalue weighted by Gasteiger charge is -2.23. The number of rotatable bonds is 1. The molecule has 0 amide bonds. The average molecular weight is 210 g/mol. The van der Waals surface area contributed by atoms with Crippen molar-refractivity contribution in [1.82, 2.24) is 10.5 Å². The Morgan fingerprint density at radius 2 is 2.27 bits per heavy atom. The van der Waals surface area contributed by atoms with Crippen LogP contribution in [0.3, 0.4) is 0 Å². The first-order chi connectivity index (χ1) is 7.45. The van der Waals surface area contributed by atoms with Crippen molar-refractivity contribution in [3.8, 4) is 0 Å². The van der Waals surface area contributed by atoms with E-state index in [-0.39, 0.29) is 6.04 Å². The number of morpholine rings is 1. The van der Waals surface area contributed by atoms with Gasteiger partial charge in [0.1, 0.15) is 0 Å². The summed E-state index contributed by atoms with van der Waals surface area (Å²) in [5.74, 6) is 0.893. The van der Waals surface area contributed by atoms with E-state index in [0.717, 1.165) is 43.2 Å². The quantitative estimate of drug-likeness (QED) is 0.727. The maximum Gasteiger partial charge on any atom is 0.161 e. The Morgan fingerprint density at radius 3 is 3.13 bits per heavy atom. The number of aromatic nitrogens is 1. The van der Waals surface area contributed by atoms with Crippen LogP contribution in [-0.2, 0) is 22.5 Å². The molecule has 0 radical (unpaired) electrons. The van der Waals surface area contributed by atoms with E-state index in [9.17, 15) is 0 Å². The highest BCUT2D eigenvalue weighted by molar-refractivity contribution is 5.26. The molecule has 3 heterocycles. The van der Waals surface area contributed by atoms with Gasteiger partial charge in [-0.3, -0.25) is 0 Å². The summed E-state index contributed by atoms with van der Waals surface area (Å²) in [4.78, 5) is 0. The lowest BCUT2D eigenvalue weighted by molar-refractivity contribution is 0.0653. The van der Waals surface area contributed by atoms with Crippen molar-refractivity contribution in [2.45, 2.75) is 19.1 Å². The van der Waals surface area contributed by atoms with Crippen LogP contribution in [-0.4, -0.2) is 31.5 Å². The van der Waals surface area contributed by atoms with Crippen molar-refractivity contribution in [2.24, 2.45) is 0 Å². The molecule has 1 atom stereocenters. The zero-order chi connectivity index (χ0) is 10.1. The summed E-state index contributed by atoms with van der Waals surface area (Å²) in [5, 5.41) is 7.44. The number of nitrogens with zero attached hydrogens (tertiary/aromatic N) is 1. The minimum atomic E-state index is 0.136. The van der Waals surface area contributed by atoms with Gasteiger partial charge >= 0.3 is 0 Å². The van der Waals surface area contributed by atoms with Gasteiger partial charge in [-0.1, -0.05) is 5.16 Å². The number of fused-ring (bicyclic) bond motifs is 1. The molecule has 0 saturated carbocycles. The third kappa shape index (κ3) is 1.67. The molecule has 15 heavy (non-hydrogen) atoms. The van der Waals surface area contributed by atoms with Crippen molar-refractivity contribution >= 4 is 0 Å². The third-order valence-electron chi connectivity index (χ3n) is 2.87. The van der Waals surface area contributed by atoms with E-state index in [4.69, 9.17) is 14.0 Å². The first kappa shape index (κ1) is 9.33. The van der Waals surface area contributed by atoms with Crippen molar-refractivity contribution in [3.05, 3.63) is 17.0 Å². The van der Waals surface area contributed by atoms with E-state index in [0.29, 0.717) is 13.2 Å². The molecule has 3 rings (SSSR count). The van der Waals surface area contributed by atoms with Crippen LogP contribution in [0.4, 0.5) is 0 Å². The predicted molar refractivity (Wildman–Crippen MR) is 51.4 cm³/mol. The Hall–Kier alpha value is -0.910. The van der Waals surface area contributed by atoms with Gasteiger partial charge < -0.3 is 19.3 Å². The fraction of sp³-hybridized carbons (Fsp3) is 0.700. The standard InChI is InChI=1S/C10H14N2O3/c1-3-13-5-7-8(1)12-15-10(7)9-6-14-4-2-11-9/h9,11H,1-6H2. The minimum absolute atomic E-state index is 0.136. The first-order valence-corrected chi connectivity index (χ1v) is 5.31. The van der Waals surface area contributed by atoms with Crippen LogP contribution in [0.1, 0.15) is 23.1 Å². The van der Waals surface area contributed by atoms with Gasteiger partial charge in [0.25, 0.3) is 0 Å². The summed E-state index contributed by atoms with van der Waals surface area (Å²) in [6, 6.07) is 0.136. The molecule has 1 saturated heterocycles. The Morgan fingerprint density at radius 1 is 1.27 bits per heavy atom. The molecule has 1 fully saturated rings. The van der Waals surface area contributed by atoms with Crippen molar-refractivity contribution in [2.75, 3.05) is 26.4 Å². The van der Waals surface area contributed by atoms with Crippen molar-refractivity contribution < 1.29 is 14.0 Å². The molecule has 0 spiro atoms. The number of hydrogen-bond acceptors (Lipinski definition) is 5. The van der Waals surface area contributed by atoms with E-state index in [1.54, 1.807) is 0 Å². The summed E-state index contributed by atoms with van der Waals surface area (Å²) in [6.07, 6.45) is 0.854. The van der Waals surface area contributed by atoms with Crippen molar-refractivity contribution in [1.29, 1.82) is 0 Å². The normalized spacial score (nSPS) is 26.3. The SMILES string of the molecule is C1COCC(c2onc3c2COCC3)N1. The first-order valence-electron chi connectivity index (χ1n) is 5.31. The molecule has 5 nitrogen and oxygen atoms in total. The second kappa shape index (κ2) is 3.92. The van der Waals surface area contributed by atoms with Crippen LogP contribution in [0, 0.1) is 0 Å². The lowest BCUT2D eigenvalue weighted by atomic mass is 10.1. The van der Waals surface area contributed by atoms with E-state index in [2.05, 4.69) is 10.5 Å². The minimum Gasteiger partial charge on any atom is -0.378 e. The average Bonchev–Trinajstić information content (AvgIpc) is 2.74. The van der Waals surface area contributed by atoms with E-state index >= 15 is 0 Å². The summed E-state index contributed by atoms with van der Waals surface area (Å²) in [5.41, 5.74) is 2.16. The Kier molecular flexibility index (Phi) is 2.44. The van der Waals surface area contributed by atoms with Crippen molar-refractivity contribution in [3.63, 3.8) is 0 Å². The van der Waals surface area contributed by atoms with Crippen LogP contribution < -0.4 is 5.32 Å². The molecular formula is C10H14N2O3. The maximum absolute atomic E-state index is 5.42. The Bertz CT molecular complexity index is 344. The van der Waals surface area contributed by atoms with Crippen LogP contribution in [0.5, 0.6) is 0 Å². The number of ether oxygens (including phenoxy) is 2. The van der Waals surface area contributed by atoms with Crippen LogP contribution in [0.25, 0.3) is 0 Å². The zero-order valence-corrected chi connectivity index (χ0v) is 8.49. The van der Waals surface area contributed by atoms with Crippen LogP contribution in [0.15, 0.2) is 4.52 Å².